The molecule has 26 heavy (non-hydrogen) atoms. The van der Waals surface area contributed by atoms with Crippen LogP contribution in [0, 0.1) is 12.7 Å². The normalized spacial score (nSPS) is 11.3. The monoisotopic (exact) mass is 389 g/mol. The second-order valence-corrected chi connectivity index (χ2v) is 8.08. The Morgan fingerprint density at radius 1 is 0.962 bits per heavy atom. The second kappa shape index (κ2) is 7.48. The van der Waals surface area contributed by atoms with Gasteiger partial charge >= 0.3 is 0 Å². The predicted octanol–water partition coefficient (Wildman–Crippen LogP) is 5.18. The van der Waals surface area contributed by atoms with E-state index < -0.39 is 15.8 Å². The zero-order valence-electron chi connectivity index (χ0n) is 14.1. The standard InChI is InChI=1S/C20H17ClFNO2S/c1-15-19(21)11-6-12-20(15)26(24,25)23(18-9-3-2-4-10-18)14-16-7-5-8-17(22)13-16/h2-13H,14H2,1H3. The van der Waals surface area contributed by atoms with Gasteiger partial charge in [0.25, 0.3) is 10.0 Å². The van der Waals surface area contributed by atoms with Crippen molar-refractivity contribution in [3.05, 3.63) is 94.8 Å². The molecule has 0 atom stereocenters. The van der Waals surface area contributed by atoms with Crippen LogP contribution in [0.2, 0.25) is 5.02 Å². The molecule has 3 rings (SSSR count). The highest BCUT2D eigenvalue weighted by Gasteiger charge is 2.27. The highest BCUT2D eigenvalue weighted by molar-refractivity contribution is 7.92. The third-order valence-corrected chi connectivity index (χ3v) is 6.37. The highest BCUT2D eigenvalue weighted by atomic mass is 35.5. The molecule has 0 bridgehead atoms. The van der Waals surface area contributed by atoms with Gasteiger partial charge in [0.2, 0.25) is 0 Å². The van der Waals surface area contributed by atoms with E-state index in [0.29, 0.717) is 21.8 Å². The molecule has 0 N–H and O–H groups in total. The van der Waals surface area contributed by atoms with Gasteiger partial charge in [-0.15, -0.1) is 0 Å². The van der Waals surface area contributed by atoms with Crippen LogP contribution < -0.4 is 4.31 Å². The topological polar surface area (TPSA) is 37.4 Å². The summed E-state index contributed by atoms with van der Waals surface area (Å²) in [5.74, 6) is -0.410. The average Bonchev–Trinajstić information content (AvgIpc) is 2.62. The summed E-state index contributed by atoms with van der Waals surface area (Å²) in [5.41, 5.74) is 1.53. The number of hydrogen-bond acceptors (Lipinski definition) is 2. The van der Waals surface area contributed by atoms with Crippen molar-refractivity contribution in [1.82, 2.24) is 0 Å². The Kier molecular flexibility index (Phi) is 5.30. The molecule has 0 heterocycles. The van der Waals surface area contributed by atoms with Crippen molar-refractivity contribution in [2.45, 2.75) is 18.4 Å². The summed E-state index contributed by atoms with van der Waals surface area (Å²) in [7, 11) is -3.89. The molecule has 6 heteroatoms. The number of nitrogens with zero attached hydrogens (tertiary/aromatic N) is 1. The first-order chi connectivity index (χ1) is 12.4. The third-order valence-electron chi connectivity index (χ3n) is 4.05. The minimum Gasteiger partial charge on any atom is -0.262 e. The predicted molar refractivity (Wildman–Crippen MR) is 102 cm³/mol. The molecule has 0 radical (unpaired) electrons. The van der Waals surface area contributed by atoms with Crippen LogP contribution in [0.5, 0.6) is 0 Å². The molecule has 0 aromatic heterocycles. The van der Waals surface area contributed by atoms with Gasteiger partial charge in [0.15, 0.2) is 0 Å². The molecular weight excluding hydrogens is 373 g/mol. The van der Waals surface area contributed by atoms with Gasteiger partial charge in [-0.25, -0.2) is 12.8 Å². The summed E-state index contributed by atoms with van der Waals surface area (Å²) in [6, 6.07) is 19.4. The molecule has 0 spiro atoms. The number of halogens is 2. The van der Waals surface area contributed by atoms with Crippen LogP contribution in [0.3, 0.4) is 0 Å². The number of rotatable bonds is 5. The number of para-hydroxylation sites is 1. The molecular formula is C20H17ClFNO2S. The van der Waals surface area contributed by atoms with E-state index in [1.807, 2.05) is 0 Å². The summed E-state index contributed by atoms with van der Waals surface area (Å²) in [4.78, 5) is 0.130. The minimum atomic E-state index is -3.89. The van der Waals surface area contributed by atoms with Crippen molar-refractivity contribution >= 4 is 27.3 Å². The van der Waals surface area contributed by atoms with E-state index in [0.717, 1.165) is 0 Å². The van der Waals surface area contributed by atoms with Gasteiger partial charge < -0.3 is 0 Å². The van der Waals surface area contributed by atoms with Crippen molar-refractivity contribution in [3.63, 3.8) is 0 Å². The Morgan fingerprint density at radius 2 is 1.65 bits per heavy atom. The van der Waals surface area contributed by atoms with E-state index in [4.69, 9.17) is 11.6 Å². The van der Waals surface area contributed by atoms with Crippen LogP contribution in [0.1, 0.15) is 11.1 Å². The number of hydrogen-bond donors (Lipinski definition) is 0. The average molecular weight is 390 g/mol. The van der Waals surface area contributed by atoms with Crippen molar-refractivity contribution in [2.75, 3.05) is 4.31 Å². The summed E-state index contributed by atoms with van der Waals surface area (Å²) < 4.78 is 41.6. The molecule has 0 unspecified atom stereocenters. The van der Waals surface area contributed by atoms with E-state index in [1.54, 1.807) is 61.5 Å². The number of benzene rings is 3. The molecule has 0 aliphatic rings. The van der Waals surface area contributed by atoms with E-state index in [-0.39, 0.29) is 11.4 Å². The molecule has 0 saturated carbocycles. The fraction of sp³-hybridized carbons (Fsp3) is 0.100. The first-order valence-corrected chi connectivity index (χ1v) is 9.79. The third kappa shape index (κ3) is 3.74. The first kappa shape index (κ1) is 18.4. The zero-order chi connectivity index (χ0) is 18.7. The van der Waals surface area contributed by atoms with Crippen LogP contribution in [-0.2, 0) is 16.6 Å². The summed E-state index contributed by atoms with van der Waals surface area (Å²) in [5, 5.41) is 0.379. The smallest absolute Gasteiger partial charge is 0.262 e. The lowest BCUT2D eigenvalue weighted by molar-refractivity contribution is 0.589. The van der Waals surface area contributed by atoms with Gasteiger partial charge in [-0.3, -0.25) is 4.31 Å². The molecule has 0 aliphatic carbocycles. The van der Waals surface area contributed by atoms with Gasteiger partial charge in [0, 0.05) is 5.02 Å². The highest BCUT2D eigenvalue weighted by Crippen LogP contribution is 2.30. The van der Waals surface area contributed by atoms with Gasteiger partial charge in [0.1, 0.15) is 5.82 Å². The Balaban J connectivity index is 2.12. The Bertz CT molecular complexity index is 1020. The Morgan fingerprint density at radius 3 is 2.35 bits per heavy atom. The van der Waals surface area contributed by atoms with Crippen LogP contribution in [0.15, 0.2) is 77.7 Å². The first-order valence-electron chi connectivity index (χ1n) is 7.97. The molecule has 3 aromatic rings. The Labute approximate surface area is 157 Å². The van der Waals surface area contributed by atoms with Crippen LogP contribution >= 0.6 is 11.6 Å². The van der Waals surface area contributed by atoms with Crippen molar-refractivity contribution in [2.24, 2.45) is 0 Å². The second-order valence-electron chi connectivity index (χ2n) is 5.84. The van der Waals surface area contributed by atoms with Gasteiger partial charge in [-0.1, -0.05) is 48.0 Å². The molecule has 0 aliphatic heterocycles. The zero-order valence-corrected chi connectivity index (χ0v) is 15.6. The molecule has 134 valence electrons. The van der Waals surface area contributed by atoms with Crippen molar-refractivity contribution in [3.8, 4) is 0 Å². The molecule has 3 aromatic carbocycles. The number of anilines is 1. The maximum Gasteiger partial charge on any atom is 0.264 e. The molecule has 0 amide bonds. The van der Waals surface area contributed by atoms with Crippen molar-refractivity contribution < 1.29 is 12.8 Å². The molecule has 0 saturated heterocycles. The summed E-state index contributed by atoms with van der Waals surface area (Å²) in [6.45, 7) is 1.68. The fourth-order valence-electron chi connectivity index (χ4n) is 2.70. The van der Waals surface area contributed by atoms with E-state index in [2.05, 4.69) is 0 Å². The van der Waals surface area contributed by atoms with Crippen molar-refractivity contribution in [1.29, 1.82) is 0 Å². The summed E-state index contributed by atoms with van der Waals surface area (Å²) in [6.07, 6.45) is 0. The Hall–Kier alpha value is -2.37. The lowest BCUT2D eigenvalue weighted by Crippen LogP contribution is -2.31. The van der Waals surface area contributed by atoms with Crippen LogP contribution in [0.4, 0.5) is 10.1 Å². The van der Waals surface area contributed by atoms with E-state index in [1.165, 1.54) is 22.5 Å². The SMILES string of the molecule is Cc1c(Cl)cccc1S(=O)(=O)N(Cc1cccc(F)c1)c1ccccc1. The summed E-state index contributed by atoms with van der Waals surface area (Å²) >= 11 is 6.12. The minimum absolute atomic E-state index is 0.00998. The van der Waals surface area contributed by atoms with Gasteiger partial charge in [-0.05, 0) is 54.4 Å². The largest absolute Gasteiger partial charge is 0.264 e. The lowest BCUT2D eigenvalue weighted by atomic mass is 10.2. The maximum absolute atomic E-state index is 13.6. The maximum atomic E-state index is 13.6. The van der Waals surface area contributed by atoms with Gasteiger partial charge in [-0.2, -0.15) is 0 Å². The number of sulfonamides is 1. The van der Waals surface area contributed by atoms with Crippen LogP contribution in [0.25, 0.3) is 0 Å². The fourth-order valence-corrected chi connectivity index (χ4v) is 4.63. The molecule has 0 fully saturated rings. The van der Waals surface area contributed by atoms with Gasteiger partial charge in [0.05, 0.1) is 17.1 Å². The van der Waals surface area contributed by atoms with E-state index in [9.17, 15) is 12.8 Å². The van der Waals surface area contributed by atoms with E-state index >= 15 is 0 Å². The molecule has 3 nitrogen and oxygen atoms in total. The van der Waals surface area contributed by atoms with Crippen LogP contribution in [-0.4, -0.2) is 8.42 Å². The lowest BCUT2D eigenvalue weighted by Gasteiger charge is -2.25. The quantitative estimate of drug-likeness (QED) is 0.602.